The number of halogens is 1. The van der Waals surface area contributed by atoms with Crippen molar-refractivity contribution in [1.82, 2.24) is 20.3 Å². The van der Waals surface area contributed by atoms with E-state index in [0.29, 0.717) is 0 Å². The molecule has 20 heavy (non-hydrogen) atoms. The zero-order chi connectivity index (χ0) is 14.4. The summed E-state index contributed by atoms with van der Waals surface area (Å²) in [6, 6.07) is 8.06. The van der Waals surface area contributed by atoms with Gasteiger partial charge >= 0.3 is 0 Å². The van der Waals surface area contributed by atoms with Crippen LogP contribution in [0.25, 0.3) is 0 Å². The molecule has 0 amide bonds. The molecule has 4 nitrogen and oxygen atoms in total. The van der Waals surface area contributed by atoms with E-state index in [2.05, 4.69) is 41.6 Å². The lowest BCUT2D eigenvalue weighted by atomic mass is 10.0. The zero-order valence-electron chi connectivity index (χ0n) is 12.0. The molecule has 5 heteroatoms. The Balaban J connectivity index is 2.31. The Morgan fingerprint density at radius 3 is 2.60 bits per heavy atom. The first-order valence-electron chi connectivity index (χ1n) is 7.13. The molecule has 1 N–H and O–H groups in total. The van der Waals surface area contributed by atoms with Gasteiger partial charge in [-0.05, 0) is 37.1 Å². The van der Waals surface area contributed by atoms with Crippen molar-refractivity contribution < 1.29 is 0 Å². The van der Waals surface area contributed by atoms with Crippen molar-refractivity contribution in [1.29, 1.82) is 0 Å². The van der Waals surface area contributed by atoms with Crippen LogP contribution in [-0.4, -0.2) is 21.5 Å². The number of hydrogen-bond acceptors (Lipinski definition) is 3. The van der Waals surface area contributed by atoms with E-state index in [0.717, 1.165) is 36.6 Å². The Morgan fingerprint density at radius 2 is 1.95 bits per heavy atom. The highest BCUT2D eigenvalue weighted by Gasteiger charge is 2.18. The zero-order valence-corrected chi connectivity index (χ0v) is 12.8. The summed E-state index contributed by atoms with van der Waals surface area (Å²) in [5, 5.41) is 12.6. The van der Waals surface area contributed by atoms with Crippen molar-refractivity contribution in [3.63, 3.8) is 0 Å². The van der Waals surface area contributed by atoms with Crippen LogP contribution in [0, 0.1) is 0 Å². The maximum absolute atomic E-state index is 5.98. The minimum atomic E-state index is 0.105. The summed E-state index contributed by atoms with van der Waals surface area (Å²) in [7, 11) is 0. The molecule has 0 radical (unpaired) electrons. The molecular formula is C15H21ClN4. The molecule has 0 saturated heterocycles. The Kier molecular flexibility index (Phi) is 5.56. The molecule has 1 atom stereocenters. The van der Waals surface area contributed by atoms with Crippen molar-refractivity contribution >= 4 is 11.6 Å². The van der Waals surface area contributed by atoms with Crippen LogP contribution in [0.3, 0.4) is 0 Å². The fourth-order valence-electron chi connectivity index (χ4n) is 2.21. The lowest BCUT2D eigenvalue weighted by molar-refractivity contribution is 0.504. The van der Waals surface area contributed by atoms with Crippen molar-refractivity contribution in [2.45, 2.75) is 39.3 Å². The quantitative estimate of drug-likeness (QED) is 0.850. The lowest BCUT2D eigenvalue weighted by Gasteiger charge is -2.19. The highest BCUT2D eigenvalue weighted by Crippen LogP contribution is 2.23. The molecule has 1 heterocycles. The largest absolute Gasteiger partial charge is 0.305 e. The van der Waals surface area contributed by atoms with Gasteiger partial charge in [0, 0.05) is 11.6 Å². The first kappa shape index (κ1) is 15.0. The predicted octanol–water partition coefficient (Wildman–Crippen LogP) is 3.43. The van der Waals surface area contributed by atoms with Gasteiger partial charge in [0.15, 0.2) is 0 Å². The maximum atomic E-state index is 5.98. The summed E-state index contributed by atoms with van der Waals surface area (Å²) < 4.78 is 1.97. The van der Waals surface area contributed by atoms with Crippen LogP contribution in [0.4, 0.5) is 0 Å². The van der Waals surface area contributed by atoms with Gasteiger partial charge in [-0.3, -0.25) is 0 Å². The summed E-state index contributed by atoms with van der Waals surface area (Å²) in [4.78, 5) is 0. The van der Waals surface area contributed by atoms with Crippen LogP contribution in [0.1, 0.15) is 44.0 Å². The Morgan fingerprint density at radius 1 is 1.20 bits per heavy atom. The van der Waals surface area contributed by atoms with Crippen LogP contribution >= 0.6 is 11.6 Å². The number of nitrogens with one attached hydrogen (secondary N) is 1. The first-order valence-corrected chi connectivity index (χ1v) is 7.51. The third-order valence-electron chi connectivity index (χ3n) is 3.18. The van der Waals surface area contributed by atoms with Crippen LogP contribution in [0.2, 0.25) is 5.02 Å². The van der Waals surface area contributed by atoms with Crippen LogP contribution in [0.5, 0.6) is 0 Å². The predicted molar refractivity (Wildman–Crippen MR) is 81.9 cm³/mol. The van der Waals surface area contributed by atoms with Gasteiger partial charge in [-0.2, -0.15) is 0 Å². The monoisotopic (exact) mass is 292 g/mol. The number of rotatable bonds is 7. The summed E-state index contributed by atoms with van der Waals surface area (Å²) in [5.74, 6) is 0. The van der Waals surface area contributed by atoms with Crippen LogP contribution in [-0.2, 0) is 6.54 Å². The second kappa shape index (κ2) is 7.41. The molecule has 0 aliphatic carbocycles. The summed E-state index contributed by atoms with van der Waals surface area (Å²) in [6.45, 7) is 6.13. The van der Waals surface area contributed by atoms with Crippen molar-refractivity contribution in [2.75, 3.05) is 6.54 Å². The van der Waals surface area contributed by atoms with Gasteiger partial charge < -0.3 is 5.32 Å². The molecule has 1 aromatic carbocycles. The van der Waals surface area contributed by atoms with Crippen LogP contribution in [0.15, 0.2) is 30.5 Å². The second-order valence-corrected chi connectivity index (χ2v) is 5.26. The minimum Gasteiger partial charge on any atom is -0.305 e. The Hall–Kier alpha value is -1.39. The average Bonchev–Trinajstić information content (AvgIpc) is 2.90. The molecule has 1 unspecified atom stereocenters. The van der Waals surface area contributed by atoms with Gasteiger partial charge in [-0.1, -0.05) is 42.8 Å². The van der Waals surface area contributed by atoms with E-state index < -0.39 is 0 Å². The first-order chi connectivity index (χ1) is 9.76. The molecule has 0 spiro atoms. The molecular weight excluding hydrogens is 272 g/mol. The third-order valence-corrected chi connectivity index (χ3v) is 3.43. The van der Waals surface area contributed by atoms with Gasteiger partial charge in [0.25, 0.3) is 0 Å². The van der Waals surface area contributed by atoms with E-state index in [4.69, 9.17) is 11.6 Å². The summed E-state index contributed by atoms with van der Waals surface area (Å²) >= 11 is 5.98. The van der Waals surface area contributed by atoms with Crippen molar-refractivity contribution in [2.24, 2.45) is 0 Å². The lowest BCUT2D eigenvalue weighted by Crippen LogP contribution is -2.25. The molecule has 2 rings (SSSR count). The van der Waals surface area contributed by atoms with Gasteiger partial charge in [0.05, 0.1) is 17.9 Å². The molecule has 0 bridgehead atoms. The van der Waals surface area contributed by atoms with E-state index in [1.165, 1.54) is 5.56 Å². The van der Waals surface area contributed by atoms with Gasteiger partial charge in [0.2, 0.25) is 0 Å². The number of aryl methyl sites for hydroxylation is 1. The number of aromatic nitrogens is 3. The average molecular weight is 293 g/mol. The summed E-state index contributed by atoms with van der Waals surface area (Å²) in [5.41, 5.74) is 2.28. The smallest absolute Gasteiger partial charge is 0.0801 e. The molecule has 0 fully saturated rings. The molecule has 108 valence electrons. The maximum Gasteiger partial charge on any atom is 0.0801 e. The van der Waals surface area contributed by atoms with Gasteiger partial charge in [0.1, 0.15) is 0 Å². The summed E-state index contributed by atoms with van der Waals surface area (Å²) in [6.07, 6.45) is 3.97. The highest BCUT2D eigenvalue weighted by atomic mass is 35.5. The second-order valence-electron chi connectivity index (χ2n) is 4.82. The van der Waals surface area contributed by atoms with Crippen molar-refractivity contribution in [3.05, 3.63) is 46.7 Å². The fourth-order valence-corrected chi connectivity index (χ4v) is 2.34. The molecule has 0 aliphatic rings. The number of nitrogens with zero attached hydrogens (tertiary/aromatic N) is 3. The highest BCUT2D eigenvalue weighted by molar-refractivity contribution is 6.30. The van der Waals surface area contributed by atoms with E-state index in [9.17, 15) is 0 Å². The molecule has 2 aromatic rings. The molecule has 0 saturated carbocycles. The van der Waals surface area contributed by atoms with Crippen LogP contribution < -0.4 is 5.32 Å². The van der Waals surface area contributed by atoms with Gasteiger partial charge in [-0.25, -0.2) is 4.68 Å². The Bertz CT molecular complexity index is 521. The number of benzene rings is 1. The fraction of sp³-hybridized carbons (Fsp3) is 0.467. The molecule has 1 aromatic heterocycles. The molecule has 0 aliphatic heterocycles. The normalized spacial score (nSPS) is 12.6. The van der Waals surface area contributed by atoms with E-state index in [1.54, 1.807) is 0 Å². The topological polar surface area (TPSA) is 42.7 Å². The van der Waals surface area contributed by atoms with E-state index in [1.807, 2.05) is 23.0 Å². The van der Waals surface area contributed by atoms with E-state index in [-0.39, 0.29) is 6.04 Å². The van der Waals surface area contributed by atoms with E-state index >= 15 is 0 Å². The standard InChI is InChI=1S/C15H21ClN4/c1-3-9-17-15(12-5-7-13(16)8-6-12)14-11-18-19-20(14)10-4-2/h5-8,11,15,17H,3-4,9-10H2,1-2H3. The van der Waals surface area contributed by atoms with Crippen molar-refractivity contribution in [3.8, 4) is 0 Å². The third kappa shape index (κ3) is 3.58. The van der Waals surface area contributed by atoms with Gasteiger partial charge in [-0.15, -0.1) is 5.10 Å². The Labute approximate surface area is 125 Å². The number of hydrogen-bond donors (Lipinski definition) is 1. The minimum absolute atomic E-state index is 0.105. The SMILES string of the molecule is CCCNC(c1ccc(Cl)cc1)c1cnnn1CCC.